The van der Waals surface area contributed by atoms with Crippen LogP contribution in [-0.4, -0.2) is 50.0 Å². The van der Waals surface area contributed by atoms with E-state index in [0.717, 1.165) is 32.6 Å². The molecule has 0 unspecified atom stereocenters. The van der Waals surface area contributed by atoms with E-state index in [2.05, 4.69) is 21.2 Å². The van der Waals surface area contributed by atoms with Gasteiger partial charge in [-0.05, 0) is 48.7 Å². The Morgan fingerprint density at radius 3 is 1.97 bits per heavy atom. The van der Waals surface area contributed by atoms with Gasteiger partial charge in [0.2, 0.25) is 21.8 Å². The van der Waals surface area contributed by atoms with E-state index < -0.39 is 28.5 Å². The van der Waals surface area contributed by atoms with E-state index in [0.29, 0.717) is 12.1 Å². The maximum atomic E-state index is 14.0. The molecule has 0 saturated heterocycles. The zero-order valence-corrected chi connectivity index (χ0v) is 24.3. The number of sulfonamides is 1. The highest BCUT2D eigenvalue weighted by molar-refractivity contribution is 9.10. The van der Waals surface area contributed by atoms with Crippen molar-refractivity contribution in [2.75, 3.05) is 17.1 Å². The van der Waals surface area contributed by atoms with Gasteiger partial charge in [-0.3, -0.25) is 13.9 Å². The standard InChI is InChI=1S/C29H34BrN3O4S/c1-4-22(2)31-29(35)27(19-23-11-7-5-8-12-23)32(20-24-13-9-6-10-14-24)28(34)21-33(38(3,36)37)26-17-15-25(30)16-18-26/h5-18,22,27H,4,19-21H2,1-3H3,(H,31,35)/t22-,27+/m1/s1. The average Bonchev–Trinajstić information content (AvgIpc) is 2.90. The van der Waals surface area contributed by atoms with Gasteiger partial charge in [0.15, 0.2) is 0 Å². The minimum absolute atomic E-state index is 0.0789. The summed E-state index contributed by atoms with van der Waals surface area (Å²) in [5.74, 6) is -0.746. The molecule has 2 amide bonds. The maximum absolute atomic E-state index is 14.0. The molecule has 2 atom stereocenters. The largest absolute Gasteiger partial charge is 0.352 e. The van der Waals surface area contributed by atoms with Crippen molar-refractivity contribution < 1.29 is 18.0 Å². The lowest BCUT2D eigenvalue weighted by atomic mass is 10.0. The third-order valence-corrected chi connectivity index (χ3v) is 7.93. The summed E-state index contributed by atoms with van der Waals surface area (Å²) in [6.07, 6.45) is 2.10. The van der Waals surface area contributed by atoms with Gasteiger partial charge in [-0.2, -0.15) is 0 Å². The van der Waals surface area contributed by atoms with Gasteiger partial charge in [0.25, 0.3) is 0 Å². The van der Waals surface area contributed by atoms with Gasteiger partial charge in [0, 0.05) is 23.5 Å². The van der Waals surface area contributed by atoms with E-state index in [1.807, 2.05) is 74.5 Å². The summed E-state index contributed by atoms with van der Waals surface area (Å²) in [6, 6.07) is 24.7. The molecule has 3 rings (SSSR count). The van der Waals surface area contributed by atoms with Crippen LogP contribution in [0.5, 0.6) is 0 Å². The van der Waals surface area contributed by atoms with Crippen molar-refractivity contribution in [1.29, 1.82) is 0 Å². The lowest BCUT2D eigenvalue weighted by Crippen LogP contribution is -2.54. The Balaban J connectivity index is 2.03. The highest BCUT2D eigenvalue weighted by atomic mass is 79.9. The van der Waals surface area contributed by atoms with Crippen LogP contribution in [0.25, 0.3) is 0 Å². The number of benzene rings is 3. The molecule has 0 aromatic heterocycles. The lowest BCUT2D eigenvalue weighted by molar-refractivity contribution is -0.140. The van der Waals surface area contributed by atoms with Crippen LogP contribution in [-0.2, 0) is 32.6 Å². The van der Waals surface area contributed by atoms with Crippen molar-refractivity contribution in [3.63, 3.8) is 0 Å². The molecule has 3 aromatic carbocycles. The summed E-state index contributed by atoms with van der Waals surface area (Å²) in [5.41, 5.74) is 2.10. The molecule has 0 heterocycles. The van der Waals surface area contributed by atoms with Crippen LogP contribution in [0.4, 0.5) is 5.69 Å². The lowest BCUT2D eigenvalue weighted by Gasteiger charge is -2.34. The molecule has 0 radical (unpaired) electrons. The summed E-state index contributed by atoms with van der Waals surface area (Å²) in [4.78, 5) is 29.1. The molecule has 0 aliphatic rings. The molecule has 7 nitrogen and oxygen atoms in total. The zero-order valence-electron chi connectivity index (χ0n) is 21.9. The first-order valence-electron chi connectivity index (χ1n) is 12.5. The van der Waals surface area contributed by atoms with Gasteiger partial charge < -0.3 is 10.2 Å². The minimum Gasteiger partial charge on any atom is -0.352 e. The molecule has 38 heavy (non-hydrogen) atoms. The number of amides is 2. The van der Waals surface area contributed by atoms with Crippen molar-refractivity contribution in [2.45, 2.75) is 45.3 Å². The predicted octanol–water partition coefficient (Wildman–Crippen LogP) is 4.77. The fourth-order valence-corrected chi connectivity index (χ4v) is 5.11. The number of nitrogens with one attached hydrogen (secondary N) is 1. The highest BCUT2D eigenvalue weighted by Gasteiger charge is 2.33. The first kappa shape index (κ1) is 29.4. The van der Waals surface area contributed by atoms with Crippen LogP contribution < -0.4 is 9.62 Å². The number of hydrogen-bond acceptors (Lipinski definition) is 4. The summed E-state index contributed by atoms with van der Waals surface area (Å²) in [5, 5.41) is 3.02. The number of carbonyl (C=O) groups is 2. The van der Waals surface area contributed by atoms with E-state index in [9.17, 15) is 18.0 Å². The second-order valence-corrected chi connectivity index (χ2v) is 12.1. The van der Waals surface area contributed by atoms with E-state index in [-0.39, 0.29) is 18.5 Å². The maximum Gasteiger partial charge on any atom is 0.244 e. The Morgan fingerprint density at radius 2 is 1.45 bits per heavy atom. The number of anilines is 1. The molecule has 0 bridgehead atoms. The molecular weight excluding hydrogens is 566 g/mol. The molecule has 0 spiro atoms. The van der Waals surface area contributed by atoms with Crippen LogP contribution >= 0.6 is 15.9 Å². The van der Waals surface area contributed by atoms with E-state index in [1.165, 1.54) is 4.90 Å². The number of nitrogens with zero attached hydrogens (tertiary/aromatic N) is 2. The van der Waals surface area contributed by atoms with Gasteiger partial charge in [-0.25, -0.2) is 8.42 Å². The van der Waals surface area contributed by atoms with Crippen LogP contribution in [0.15, 0.2) is 89.4 Å². The Kier molecular flexibility index (Phi) is 10.5. The van der Waals surface area contributed by atoms with Gasteiger partial charge in [-0.15, -0.1) is 0 Å². The van der Waals surface area contributed by atoms with Crippen molar-refractivity contribution >= 4 is 43.5 Å². The third kappa shape index (κ3) is 8.43. The van der Waals surface area contributed by atoms with Crippen molar-refractivity contribution in [3.8, 4) is 0 Å². The third-order valence-electron chi connectivity index (χ3n) is 6.26. The monoisotopic (exact) mass is 599 g/mol. The predicted molar refractivity (Wildman–Crippen MR) is 155 cm³/mol. The Morgan fingerprint density at radius 1 is 0.895 bits per heavy atom. The number of halogens is 1. The fourth-order valence-electron chi connectivity index (χ4n) is 4.00. The number of rotatable bonds is 12. The molecule has 1 N–H and O–H groups in total. The summed E-state index contributed by atoms with van der Waals surface area (Å²) < 4.78 is 27.4. The number of hydrogen-bond donors (Lipinski definition) is 1. The van der Waals surface area contributed by atoms with Crippen LogP contribution in [0.3, 0.4) is 0 Å². The van der Waals surface area contributed by atoms with Crippen molar-refractivity contribution in [3.05, 3.63) is 101 Å². The Bertz CT molecular complexity index is 1300. The van der Waals surface area contributed by atoms with Crippen molar-refractivity contribution in [2.24, 2.45) is 0 Å². The molecule has 9 heteroatoms. The molecule has 0 fully saturated rings. The molecule has 202 valence electrons. The van der Waals surface area contributed by atoms with Gasteiger partial charge >= 0.3 is 0 Å². The zero-order chi connectivity index (χ0) is 27.7. The van der Waals surface area contributed by atoms with Crippen molar-refractivity contribution in [1.82, 2.24) is 10.2 Å². The summed E-state index contributed by atoms with van der Waals surface area (Å²) in [7, 11) is -3.79. The van der Waals surface area contributed by atoms with E-state index in [1.54, 1.807) is 24.3 Å². The van der Waals surface area contributed by atoms with Gasteiger partial charge in [0.05, 0.1) is 11.9 Å². The average molecular weight is 601 g/mol. The minimum atomic E-state index is -3.79. The van der Waals surface area contributed by atoms with E-state index in [4.69, 9.17) is 0 Å². The van der Waals surface area contributed by atoms with Crippen LogP contribution in [0.1, 0.15) is 31.4 Å². The topological polar surface area (TPSA) is 86.8 Å². The first-order valence-corrected chi connectivity index (χ1v) is 15.1. The fraction of sp³-hybridized carbons (Fsp3) is 0.310. The molecule has 0 saturated carbocycles. The Labute approximate surface area is 234 Å². The quantitative estimate of drug-likeness (QED) is 0.325. The smallest absolute Gasteiger partial charge is 0.244 e. The second kappa shape index (κ2) is 13.6. The number of carbonyl (C=O) groups excluding carboxylic acids is 2. The molecule has 0 aliphatic carbocycles. The molecular formula is C29H34BrN3O4S. The molecule has 3 aromatic rings. The first-order chi connectivity index (χ1) is 18.1. The van der Waals surface area contributed by atoms with Gasteiger partial charge in [0.1, 0.15) is 12.6 Å². The SMILES string of the molecule is CC[C@@H](C)NC(=O)[C@H](Cc1ccccc1)N(Cc1ccccc1)C(=O)CN(c1ccc(Br)cc1)S(C)(=O)=O. The highest BCUT2D eigenvalue weighted by Crippen LogP contribution is 2.22. The molecule has 0 aliphatic heterocycles. The normalized spacial score (nSPS) is 12.8. The van der Waals surface area contributed by atoms with Crippen LogP contribution in [0.2, 0.25) is 0 Å². The van der Waals surface area contributed by atoms with Crippen LogP contribution in [0, 0.1) is 0 Å². The second-order valence-electron chi connectivity index (χ2n) is 9.28. The Hall–Kier alpha value is -3.17. The van der Waals surface area contributed by atoms with E-state index >= 15 is 0 Å². The van der Waals surface area contributed by atoms with Gasteiger partial charge in [-0.1, -0.05) is 83.5 Å². The summed E-state index contributed by atoms with van der Waals surface area (Å²) >= 11 is 3.36. The summed E-state index contributed by atoms with van der Waals surface area (Å²) in [6.45, 7) is 3.62.